The highest BCUT2D eigenvalue weighted by Gasteiger charge is 2.16. The lowest BCUT2D eigenvalue weighted by atomic mass is 10.1. The van der Waals surface area contributed by atoms with Gasteiger partial charge in [-0.25, -0.2) is 5.43 Å². The number of benzene rings is 3. The fourth-order valence-corrected chi connectivity index (χ4v) is 3.07. The van der Waals surface area contributed by atoms with Crippen LogP contribution in [0.4, 0.5) is 0 Å². The molecule has 0 fully saturated rings. The van der Waals surface area contributed by atoms with Crippen LogP contribution in [0.2, 0.25) is 5.02 Å². The first kappa shape index (κ1) is 24.3. The molecule has 3 rings (SSSR count). The first-order valence-corrected chi connectivity index (χ1v) is 10.4. The second-order valence-electron chi connectivity index (χ2n) is 6.89. The highest BCUT2D eigenvalue weighted by molar-refractivity contribution is 6.33. The van der Waals surface area contributed by atoms with Crippen LogP contribution in [-0.4, -0.2) is 37.4 Å². The highest BCUT2D eigenvalue weighted by atomic mass is 35.5. The highest BCUT2D eigenvalue weighted by Crippen LogP contribution is 2.26. The van der Waals surface area contributed by atoms with Crippen LogP contribution in [0.5, 0.6) is 17.2 Å². The minimum Gasteiger partial charge on any atom is -0.508 e. The Kier molecular flexibility index (Phi) is 8.26. The molecular formula is C25H22ClN3O5. The van der Waals surface area contributed by atoms with Crippen molar-refractivity contribution in [2.45, 2.75) is 0 Å². The number of rotatable bonds is 8. The predicted molar refractivity (Wildman–Crippen MR) is 130 cm³/mol. The van der Waals surface area contributed by atoms with Crippen molar-refractivity contribution in [3.8, 4) is 17.2 Å². The average Bonchev–Trinajstić information content (AvgIpc) is 2.86. The molecule has 2 amide bonds. The molecule has 8 nitrogen and oxygen atoms in total. The van der Waals surface area contributed by atoms with Crippen molar-refractivity contribution in [1.29, 1.82) is 0 Å². The van der Waals surface area contributed by atoms with Crippen molar-refractivity contribution in [1.82, 2.24) is 10.7 Å². The first-order valence-electron chi connectivity index (χ1n) is 10.0. The number of aromatic hydroxyl groups is 1. The molecule has 3 N–H and O–H groups in total. The average molecular weight is 480 g/mol. The minimum absolute atomic E-state index is 0.00185. The Hall–Kier alpha value is -4.30. The molecule has 3 aromatic rings. The third-order valence-corrected chi connectivity index (χ3v) is 4.96. The molecule has 0 bridgehead atoms. The van der Waals surface area contributed by atoms with E-state index in [1.807, 2.05) is 0 Å². The van der Waals surface area contributed by atoms with E-state index in [1.165, 1.54) is 44.7 Å². The standard InChI is InChI=1S/C25H22ClN3O5/c1-33-20-9-11-23(34-2)17(13-20)14-22(28-24(31)16-6-4-3-5-7-16)25(32)29-27-15-18-12-19(30)8-10-21(18)26/h3-15,30H,1-2H3,(H,28,31)(H,29,32)/b22-14+,27-15?. The predicted octanol–water partition coefficient (Wildman–Crippen LogP) is 3.98. The number of nitrogens with one attached hydrogen (secondary N) is 2. The number of halogens is 1. The number of nitrogens with zero attached hydrogens (tertiary/aromatic N) is 1. The molecule has 0 saturated heterocycles. The van der Waals surface area contributed by atoms with Crippen molar-refractivity contribution in [3.63, 3.8) is 0 Å². The van der Waals surface area contributed by atoms with Gasteiger partial charge in [0.1, 0.15) is 22.9 Å². The smallest absolute Gasteiger partial charge is 0.287 e. The minimum atomic E-state index is -0.693. The number of ether oxygens (including phenoxy) is 2. The van der Waals surface area contributed by atoms with Gasteiger partial charge in [-0.15, -0.1) is 0 Å². The van der Waals surface area contributed by atoms with E-state index >= 15 is 0 Å². The number of phenolic OH excluding ortho intramolecular Hbond substituents is 1. The Morgan fingerprint density at radius 2 is 1.74 bits per heavy atom. The Bertz CT molecular complexity index is 1240. The summed E-state index contributed by atoms with van der Waals surface area (Å²) in [5, 5.41) is 16.5. The van der Waals surface area contributed by atoms with Gasteiger partial charge >= 0.3 is 0 Å². The second kappa shape index (κ2) is 11.5. The summed E-state index contributed by atoms with van der Waals surface area (Å²) in [5.74, 6) is -0.170. The van der Waals surface area contributed by atoms with E-state index in [0.717, 1.165) is 0 Å². The summed E-state index contributed by atoms with van der Waals surface area (Å²) in [4.78, 5) is 25.7. The van der Waals surface area contributed by atoms with Crippen molar-refractivity contribution in [2.75, 3.05) is 14.2 Å². The van der Waals surface area contributed by atoms with Crippen LogP contribution >= 0.6 is 11.6 Å². The lowest BCUT2D eigenvalue weighted by molar-refractivity contribution is -0.117. The molecular weight excluding hydrogens is 458 g/mol. The van der Waals surface area contributed by atoms with Crippen molar-refractivity contribution >= 4 is 35.7 Å². The molecule has 174 valence electrons. The van der Waals surface area contributed by atoms with Crippen LogP contribution in [0.3, 0.4) is 0 Å². The van der Waals surface area contributed by atoms with E-state index in [9.17, 15) is 14.7 Å². The number of carbonyl (C=O) groups is 2. The molecule has 34 heavy (non-hydrogen) atoms. The van der Waals surface area contributed by atoms with Gasteiger partial charge in [-0.05, 0) is 54.6 Å². The lowest BCUT2D eigenvalue weighted by Crippen LogP contribution is -2.32. The molecule has 0 aliphatic rings. The van der Waals surface area contributed by atoms with E-state index in [4.69, 9.17) is 21.1 Å². The second-order valence-corrected chi connectivity index (χ2v) is 7.30. The molecule has 0 unspecified atom stereocenters. The molecule has 3 aromatic carbocycles. The largest absolute Gasteiger partial charge is 0.508 e. The Labute approximate surface area is 201 Å². The number of amides is 2. The zero-order valence-corrected chi connectivity index (χ0v) is 19.2. The molecule has 0 atom stereocenters. The molecule has 0 saturated carbocycles. The van der Waals surface area contributed by atoms with Crippen LogP contribution in [0.25, 0.3) is 6.08 Å². The summed E-state index contributed by atoms with van der Waals surface area (Å²) in [6, 6.07) is 17.8. The molecule has 0 aromatic heterocycles. The summed E-state index contributed by atoms with van der Waals surface area (Å²) < 4.78 is 10.6. The Balaban J connectivity index is 1.91. The SMILES string of the molecule is COc1ccc(OC)c(/C=C(/NC(=O)c2ccccc2)C(=O)NN=Cc2cc(O)ccc2Cl)c1. The van der Waals surface area contributed by atoms with Crippen LogP contribution < -0.4 is 20.2 Å². The van der Waals surface area contributed by atoms with Crippen molar-refractivity contribution in [2.24, 2.45) is 5.10 Å². The van der Waals surface area contributed by atoms with Gasteiger partial charge in [0.2, 0.25) is 0 Å². The molecule has 0 aliphatic heterocycles. The lowest BCUT2D eigenvalue weighted by Gasteiger charge is -2.12. The van der Waals surface area contributed by atoms with Crippen LogP contribution in [0.15, 0.2) is 77.5 Å². The summed E-state index contributed by atoms with van der Waals surface area (Å²) in [6.07, 6.45) is 2.73. The van der Waals surface area contributed by atoms with Crippen molar-refractivity contribution < 1.29 is 24.2 Å². The molecule has 0 radical (unpaired) electrons. The Morgan fingerprint density at radius 3 is 2.44 bits per heavy atom. The monoisotopic (exact) mass is 479 g/mol. The zero-order valence-electron chi connectivity index (χ0n) is 18.4. The van der Waals surface area contributed by atoms with Gasteiger partial charge in [0.05, 0.1) is 20.4 Å². The first-order chi connectivity index (χ1) is 16.4. The van der Waals surface area contributed by atoms with Gasteiger partial charge in [0.25, 0.3) is 11.8 Å². The summed E-state index contributed by atoms with van der Waals surface area (Å²) in [7, 11) is 3.01. The number of hydrogen-bond acceptors (Lipinski definition) is 6. The fourth-order valence-electron chi connectivity index (χ4n) is 2.90. The summed E-state index contributed by atoms with van der Waals surface area (Å²) in [5.41, 5.74) is 3.54. The van der Waals surface area contributed by atoms with E-state index in [-0.39, 0.29) is 11.4 Å². The number of carbonyl (C=O) groups excluding carboxylic acids is 2. The summed E-state index contributed by atoms with van der Waals surface area (Å²) >= 11 is 6.07. The maximum absolute atomic E-state index is 12.9. The molecule has 0 aliphatic carbocycles. The molecule has 0 heterocycles. The van der Waals surface area contributed by atoms with Gasteiger partial charge < -0.3 is 19.9 Å². The number of hydrogen-bond donors (Lipinski definition) is 3. The fraction of sp³-hybridized carbons (Fsp3) is 0.0800. The third kappa shape index (κ3) is 6.36. The quantitative estimate of drug-likeness (QED) is 0.257. The van der Waals surface area contributed by atoms with Gasteiger partial charge in [0.15, 0.2) is 0 Å². The number of hydrazone groups is 1. The topological polar surface area (TPSA) is 109 Å². The maximum atomic E-state index is 12.9. The third-order valence-electron chi connectivity index (χ3n) is 4.61. The van der Waals surface area contributed by atoms with E-state index in [0.29, 0.717) is 33.2 Å². The Morgan fingerprint density at radius 1 is 0.971 bits per heavy atom. The maximum Gasteiger partial charge on any atom is 0.287 e. The number of methoxy groups -OCH3 is 2. The van der Waals surface area contributed by atoms with Crippen molar-refractivity contribution in [3.05, 3.63) is 94.1 Å². The zero-order chi connectivity index (χ0) is 24.5. The van der Waals surface area contributed by atoms with Gasteiger partial charge in [-0.1, -0.05) is 29.8 Å². The van der Waals surface area contributed by atoms with E-state index in [1.54, 1.807) is 48.5 Å². The normalized spacial score (nSPS) is 11.2. The van der Waals surface area contributed by atoms with Crippen LogP contribution in [0, 0.1) is 0 Å². The summed E-state index contributed by atoms with van der Waals surface area (Å²) in [6.45, 7) is 0. The van der Waals surface area contributed by atoms with Gasteiger partial charge in [0, 0.05) is 21.7 Å². The number of phenols is 1. The molecule has 0 spiro atoms. The van der Waals surface area contributed by atoms with E-state index in [2.05, 4.69) is 15.8 Å². The van der Waals surface area contributed by atoms with Crippen LogP contribution in [-0.2, 0) is 4.79 Å². The van der Waals surface area contributed by atoms with Gasteiger partial charge in [-0.2, -0.15) is 5.10 Å². The van der Waals surface area contributed by atoms with E-state index < -0.39 is 11.8 Å². The van der Waals surface area contributed by atoms with Gasteiger partial charge in [-0.3, -0.25) is 9.59 Å². The molecule has 9 heteroatoms. The van der Waals surface area contributed by atoms with Crippen LogP contribution in [0.1, 0.15) is 21.5 Å².